The number of rotatable bonds is 7. The molecule has 0 radical (unpaired) electrons. The summed E-state index contributed by atoms with van der Waals surface area (Å²) >= 11 is 1.58. The topological polar surface area (TPSA) is 68.0 Å². The van der Waals surface area contributed by atoms with Crippen molar-refractivity contribution in [3.63, 3.8) is 0 Å². The Labute approximate surface area is 155 Å². The molecule has 0 bridgehead atoms. The number of nitrogens with one attached hydrogen (secondary N) is 1. The molecule has 0 unspecified atom stereocenters. The minimum atomic E-state index is -0.194. The highest BCUT2D eigenvalue weighted by molar-refractivity contribution is 7.98. The second kappa shape index (κ2) is 8.62. The van der Waals surface area contributed by atoms with E-state index in [4.69, 9.17) is 4.52 Å². The van der Waals surface area contributed by atoms with Gasteiger partial charge in [-0.1, -0.05) is 23.4 Å². The average Bonchev–Trinajstić information content (AvgIpc) is 3.09. The molecule has 0 fully saturated rings. The lowest BCUT2D eigenvalue weighted by Crippen LogP contribution is -2.25. The zero-order valence-electron chi connectivity index (χ0n) is 14.2. The fourth-order valence-electron chi connectivity index (χ4n) is 2.31. The van der Waals surface area contributed by atoms with E-state index in [9.17, 15) is 9.18 Å². The lowest BCUT2D eigenvalue weighted by atomic mass is 10.1. The van der Waals surface area contributed by atoms with E-state index >= 15 is 0 Å². The Balaban J connectivity index is 1.44. The second-order valence-corrected chi connectivity index (χ2v) is 6.73. The monoisotopic (exact) mass is 371 g/mol. The largest absolute Gasteiger partial charge is 0.351 e. The van der Waals surface area contributed by atoms with Crippen LogP contribution in [-0.4, -0.2) is 28.3 Å². The van der Waals surface area contributed by atoms with Gasteiger partial charge in [0.25, 0.3) is 11.8 Å². The summed E-state index contributed by atoms with van der Waals surface area (Å²) in [4.78, 5) is 16.3. The van der Waals surface area contributed by atoms with Crippen molar-refractivity contribution < 1.29 is 13.7 Å². The molecule has 0 atom stereocenters. The van der Waals surface area contributed by atoms with Gasteiger partial charge in [-0.15, -0.1) is 0 Å². The summed E-state index contributed by atoms with van der Waals surface area (Å²) in [5, 5.41) is 6.60. The van der Waals surface area contributed by atoms with Gasteiger partial charge in [0, 0.05) is 29.2 Å². The third-order valence-electron chi connectivity index (χ3n) is 3.67. The van der Waals surface area contributed by atoms with Gasteiger partial charge < -0.3 is 9.84 Å². The molecule has 3 aromatic rings. The number of aromatic nitrogens is 2. The Kier molecular flexibility index (Phi) is 6.01. The molecule has 0 aliphatic carbocycles. The van der Waals surface area contributed by atoms with Crippen LogP contribution in [0.2, 0.25) is 0 Å². The summed E-state index contributed by atoms with van der Waals surface area (Å²) in [6.45, 7) is 2.27. The highest BCUT2D eigenvalue weighted by Gasteiger charge is 2.09. The van der Waals surface area contributed by atoms with E-state index in [1.807, 2.05) is 6.07 Å². The molecule has 0 saturated heterocycles. The summed E-state index contributed by atoms with van der Waals surface area (Å²) in [5.41, 5.74) is 2.00. The van der Waals surface area contributed by atoms with Gasteiger partial charge in [-0.25, -0.2) is 4.39 Å². The second-order valence-electron chi connectivity index (χ2n) is 5.62. The zero-order chi connectivity index (χ0) is 18.4. The molecule has 0 saturated carbocycles. The summed E-state index contributed by atoms with van der Waals surface area (Å²) in [6, 6.07) is 13.7. The van der Waals surface area contributed by atoms with Crippen molar-refractivity contribution in [1.29, 1.82) is 0 Å². The number of hydrogen-bond donors (Lipinski definition) is 1. The van der Waals surface area contributed by atoms with E-state index < -0.39 is 0 Å². The molecule has 1 aromatic heterocycles. The molecule has 134 valence electrons. The van der Waals surface area contributed by atoms with Crippen LogP contribution < -0.4 is 5.32 Å². The van der Waals surface area contributed by atoms with Crippen molar-refractivity contribution in [2.24, 2.45) is 0 Å². The predicted molar refractivity (Wildman–Crippen MR) is 99.4 cm³/mol. The van der Waals surface area contributed by atoms with Crippen LogP contribution in [0, 0.1) is 12.7 Å². The van der Waals surface area contributed by atoms with Gasteiger partial charge in [-0.05, 0) is 42.8 Å². The van der Waals surface area contributed by atoms with Crippen molar-refractivity contribution in [3.05, 3.63) is 71.3 Å². The molecule has 26 heavy (non-hydrogen) atoms. The minimum absolute atomic E-state index is 0.148. The molecule has 1 N–H and O–H groups in total. The van der Waals surface area contributed by atoms with Crippen LogP contribution in [0.3, 0.4) is 0 Å². The molecule has 1 heterocycles. The first-order valence-electron chi connectivity index (χ1n) is 8.13. The van der Waals surface area contributed by atoms with E-state index in [1.165, 1.54) is 6.07 Å². The summed E-state index contributed by atoms with van der Waals surface area (Å²) in [5.74, 6) is 1.94. The van der Waals surface area contributed by atoms with Gasteiger partial charge in [0.15, 0.2) is 5.82 Å². The van der Waals surface area contributed by atoms with Gasteiger partial charge in [0.05, 0.1) is 0 Å². The Hall–Kier alpha value is -2.67. The number of carbonyl (C=O) groups excluding carboxylic acids is 1. The third-order valence-corrected chi connectivity index (χ3v) is 4.68. The summed E-state index contributed by atoms with van der Waals surface area (Å²) in [7, 11) is 0. The molecule has 0 aliphatic rings. The highest BCUT2D eigenvalue weighted by Crippen LogP contribution is 2.18. The number of benzene rings is 2. The van der Waals surface area contributed by atoms with Crippen LogP contribution in [-0.2, 0) is 5.75 Å². The molecule has 0 aliphatic heterocycles. The summed E-state index contributed by atoms with van der Waals surface area (Å²) < 4.78 is 18.6. The smallest absolute Gasteiger partial charge is 0.257 e. The highest BCUT2D eigenvalue weighted by atomic mass is 32.2. The number of amides is 1. The third kappa shape index (κ3) is 4.70. The lowest BCUT2D eigenvalue weighted by molar-refractivity contribution is 0.0956. The van der Waals surface area contributed by atoms with Gasteiger partial charge >= 0.3 is 0 Å². The molecule has 2 aromatic carbocycles. The Morgan fingerprint density at radius 1 is 1.19 bits per heavy atom. The van der Waals surface area contributed by atoms with Gasteiger partial charge in [-0.2, -0.15) is 16.7 Å². The van der Waals surface area contributed by atoms with Crippen LogP contribution in [0.15, 0.2) is 53.1 Å². The van der Waals surface area contributed by atoms with E-state index in [2.05, 4.69) is 15.5 Å². The lowest BCUT2D eigenvalue weighted by Gasteiger charge is -2.06. The molecular weight excluding hydrogens is 353 g/mol. The van der Waals surface area contributed by atoms with E-state index in [-0.39, 0.29) is 11.7 Å². The predicted octanol–water partition coefficient (Wildman–Crippen LogP) is 3.85. The fraction of sp³-hybridized carbons (Fsp3) is 0.211. The maximum atomic E-state index is 13.5. The van der Waals surface area contributed by atoms with E-state index in [0.717, 1.165) is 5.56 Å². The normalized spacial score (nSPS) is 10.7. The SMILES string of the molecule is Cc1noc(-c2ccc(C(=O)NCCSCc3ccccc3F)cc2)n1. The van der Waals surface area contributed by atoms with E-state index in [1.54, 1.807) is 55.1 Å². The average molecular weight is 371 g/mol. The minimum Gasteiger partial charge on any atom is -0.351 e. The molecule has 7 heteroatoms. The first-order valence-corrected chi connectivity index (χ1v) is 9.29. The number of carbonyl (C=O) groups is 1. The van der Waals surface area contributed by atoms with Gasteiger partial charge in [0.1, 0.15) is 5.82 Å². The van der Waals surface area contributed by atoms with Crippen LogP contribution in [0.25, 0.3) is 11.5 Å². The quantitative estimate of drug-likeness (QED) is 0.639. The molecule has 5 nitrogen and oxygen atoms in total. The van der Waals surface area contributed by atoms with Crippen LogP contribution in [0.4, 0.5) is 4.39 Å². The number of halogens is 1. The van der Waals surface area contributed by atoms with Crippen molar-refractivity contribution in [1.82, 2.24) is 15.5 Å². The van der Waals surface area contributed by atoms with Crippen molar-refractivity contribution >= 4 is 17.7 Å². The number of nitrogens with zero attached hydrogens (tertiary/aromatic N) is 2. The van der Waals surface area contributed by atoms with Crippen LogP contribution >= 0.6 is 11.8 Å². The maximum absolute atomic E-state index is 13.5. The first kappa shape index (κ1) is 18.1. The molecule has 0 spiro atoms. The Morgan fingerprint density at radius 3 is 2.65 bits per heavy atom. The fourth-order valence-corrected chi connectivity index (χ4v) is 3.16. The van der Waals surface area contributed by atoms with Crippen LogP contribution in [0.1, 0.15) is 21.7 Å². The molecule has 1 amide bonds. The standard InChI is InChI=1S/C19H18FN3O2S/c1-13-22-19(25-23-13)15-8-6-14(7-9-15)18(24)21-10-11-26-12-16-4-2-3-5-17(16)20/h2-9H,10-12H2,1H3,(H,21,24). The van der Waals surface area contributed by atoms with Crippen LogP contribution in [0.5, 0.6) is 0 Å². The first-order chi connectivity index (χ1) is 12.6. The Bertz CT molecular complexity index is 881. The van der Waals surface area contributed by atoms with Crippen molar-refractivity contribution in [3.8, 4) is 11.5 Å². The van der Waals surface area contributed by atoms with Crippen molar-refractivity contribution in [2.75, 3.05) is 12.3 Å². The number of aryl methyl sites for hydroxylation is 1. The molecular formula is C19H18FN3O2S. The number of thioether (sulfide) groups is 1. The zero-order valence-corrected chi connectivity index (χ0v) is 15.1. The van der Waals surface area contributed by atoms with Gasteiger partial charge in [0.2, 0.25) is 0 Å². The van der Waals surface area contributed by atoms with Gasteiger partial charge in [-0.3, -0.25) is 4.79 Å². The maximum Gasteiger partial charge on any atom is 0.257 e. The van der Waals surface area contributed by atoms with E-state index in [0.29, 0.717) is 40.9 Å². The number of hydrogen-bond acceptors (Lipinski definition) is 5. The summed E-state index contributed by atoms with van der Waals surface area (Å²) in [6.07, 6.45) is 0. The molecule has 3 rings (SSSR count). The van der Waals surface area contributed by atoms with Crippen molar-refractivity contribution in [2.45, 2.75) is 12.7 Å². The Morgan fingerprint density at radius 2 is 1.96 bits per heavy atom.